The van der Waals surface area contributed by atoms with E-state index in [1.165, 1.54) is 30.3 Å². The van der Waals surface area contributed by atoms with Crippen LogP contribution in [-0.2, 0) is 16.6 Å². The van der Waals surface area contributed by atoms with Gasteiger partial charge in [-0.25, -0.2) is 4.39 Å². The lowest BCUT2D eigenvalue weighted by Crippen LogP contribution is -2.02. The molecule has 0 fully saturated rings. The average molecular weight is 294 g/mol. The Balaban J connectivity index is 2.28. The Morgan fingerprint density at radius 1 is 1.25 bits per heavy atom. The van der Waals surface area contributed by atoms with Gasteiger partial charge in [0.1, 0.15) is 5.82 Å². The van der Waals surface area contributed by atoms with Crippen molar-refractivity contribution in [3.05, 3.63) is 64.0 Å². The molecule has 2 rings (SSSR count). The summed E-state index contributed by atoms with van der Waals surface area (Å²) in [6, 6.07) is 9.89. The van der Waals surface area contributed by atoms with Crippen LogP contribution in [0.25, 0.3) is 0 Å². The quantitative estimate of drug-likeness (QED) is 0.533. The van der Waals surface area contributed by atoms with Crippen molar-refractivity contribution >= 4 is 22.2 Å². The monoisotopic (exact) mass is 294 g/mol. The topological polar surface area (TPSA) is 86.2 Å². The third-order valence-corrected chi connectivity index (χ3v) is 4.06. The number of halogens is 1. The summed E-state index contributed by atoms with van der Waals surface area (Å²) in [5, 5.41) is 10.9. The molecule has 2 aromatic rings. The number of hydrogen-bond acceptors (Lipinski definition) is 4. The summed E-state index contributed by atoms with van der Waals surface area (Å²) in [5.41, 5.74) is 5.55. The van der Waals surface area contributed by atoms with Gasteiger partial charge in [0.15, 0.2) is 0 Å². The third-order valence-electron chi connectivity index (χ3n) is 2.71. The summed E-state index contributed by atoms with van der Waals surface area (Å²) in [4.78, 5) is 10.6. The molecule has 0 radical (unpaired) electrons. The molecule has 104 valence electrons. The van der Waals surface area contributed by atoms with Gasteiger partial charge < -0.3 is 5.73 Å². The van der Waals surface area contributed by atoms with E-state index >= 15 is 0 Å². The van der Waals surface area contributed by atoms with Crippen LogP contribution in [0.1, 0.15) is 5.56 Å². The fourth-order valence-electron chi connectivity index (χ4n) is 1.69. The predicted octanol–water partition coefficient (Wildman–Crippen LogP) is 2.62. The second kappa shape index (κ2) is 5.79. The molecule has 0 aromatic heterocycles. The summed E-state index contributed by atoms with van der Waals surface area (Å²) < 4.78 is 25.5. The van der Waals surface area contributed by atoms with Gasteiger partial charge in [0.2, 0.25) is 0 Å². The second-order valence-corrected chi connectivity index (χ2v) is 5.51. The molecule has 0 heterocycles. The van der Waals surface area contributed by atoms with Crippen LogP contribution in [0.5, 0.6) is 0 Å². The van der Waals surface area contributed by atoms with Gasteiger partial charge in [-0.15, -0.1) is 0 Å². The van der Waals surface area contributed by atoms with Crippen molar-refractivity contribution < 1.29 is 13.5 Å². The smallest absolute Gasteiger partial charge is 0.273 e. The number of benzene rings is 2. The lowest BCUT2D eigenvalue weighted by Gasteiger charge is -2.05. The average Bonchev–Trinajstić information content (AvgIpc) is 2.42. The molecule has 2 aromatic carbocycles. The van der Waals surface area contributed by atoms with Crippen LogP contribution in [0.4, 0.5) is 15.8 Å². The number of rotatable bonds is 4. The lowest BCUT2D eigenvalue weighted by molar-refractivity contribution is -0.385. The first-order valence-corrected chi connectivity index (χ1v) is 6.96. The van der Waals surface area contributed by atoms with Gasteiger partial charge >= 0.3 is 0 Å². The number of nitrogens with zero attached hydrogens (tertiary/aromatic N) is 1. The fourth-order valence-corrected chi connectivity index (χ4v) is 2.83. The number of nitrogens with two attached hydrogens (primary N) is 1. The minimum atomic E-state index is -1.58. The number of hydrogen-bond donors (Lipinski definition) is 1. The summed E-state index contributed by atoms with van der Waals surface area (Å²) in [5.74, 6) is -0.709. The van der Waals surface area contributed by atoms with Gasteiger partial charge in [0.05, 0.1) is 27.2 Å². The zero-order valence-electron chi connectivity index (χ0n) is 10.3. The van der Waals surface area contributed by atoms with Crippen LogP contribution >= 0.6 is 0 Å². The van der Waals surface area contributed by atoms with Crippen LogP contribution < -0.4 is 5.73 Å². The standard InChI is InChI=1S/C13H11FN2O3S/c14-11-7-10(5-6-12(11)15)20(19)8-9-3-1-2-4-13(9)16(17)18/h1-7H,8,15H2. The van der Waals surface area contributed by atoms with E-state index in [9.17, 15) is 18.7 Å². The van der Waals surface area contributed by atoms with Crippen LogP contribution in [0.15, 0.2) is 47.4 Å². The van der Waals surface area contributed by atoms with Crippen LogP contribution in [-0.4, -0.2) is 9.13 Å². The Labute approximate surface area is 116 Å². The van der Waals surface area contributed by atoms with Gasteiger partial charge in [0, 0.05) is 16.5 Å². The fraction of sp³-hybridized carbons (Fsp3) is 0.0769. The van der Waals surface area contributed by atoms with Crippen molar-refractivity contribution in [1.82, 2.24) is 0 Å². The highest BCUT2D eigenvalue weighted by Crippen LogP contribution is 2.22. The number of nitro benzene ring substituents is 1. The van der Waals surface area contributed by atoms with E-state index in [0.29, 0.717) is 5.56 Å². The largest absolute Gasteiger partial charge is 0.396 e. The SMILES string of the molecule is Nc1ccc(S(=O)Cc2ccccc2[N+](=O)[O-])cc1F. The maximum atomic E-state index is 13.3. The predicted molar refractivity (Wildman–Crippen MR) is 74.0 cm³/mol. The van der Waals surface area contributed by atoms with Crippen molar-refractivity contribution in [1.29, 1.82) is 0 Å². The minimum absolute atomic E-state index is 0.0311. The first kappa shape index (κ1) is 14.1. The molecule has 2 N–H and O–H groups in total. The Morgan fingerprint density at radius 2 is 1.95 bits per heavy atom. The molecule has 20 heavy (non-hydrogen) atoms. The molecular weight excluding hydrogens is 283 g/mol. The number of nitrogen functional groups attached to an aromatic ring is 1. The Bertz CT molecular complexity index is 691. The molecule has 7 heteroatoms. The molecule has 0 spiro atoms. The number of nitro groups is 1. The Kier molecular flexibility index (Phi) is 4.09. The van der Waals surface area contributed by atoms with Crippen LogP contribution in [0.2, 0.25) is 0 Å². The molecule has 1 atom stereocenters. The summed E-state index contributed by atoms with van der Waals surface area (Å²) >= 11 is 0. The van der Waals surface area contributed by atoms with Crippen molar-refractivity contribution in [3.8, 4) is 0 Å². The summed E-state index contributed by atoms with van der Waals surface area (Å²) in [6.45, 7) is 0. The highest BCUT2D eigenvalue weighted by Gasteiger charge is 2.16. The molecule has 0 saturated heterocycles. The first-order chi connectivity index (χ1) is 9.49. The van der Waals surface area contributed by atoms with Gasteiger partial charge in [-0.3, -0.25) is 14.3 Å². The van der Waals surface area contributed by atoms with Gasteiger partial charge in [-0.2, -0.15) is 0 Å². The van der Waals surface area contributed by atoms with Crippen molar-refractivity contribution in [2.75, 3.05) is 5.73 Å². The number of para-hydroxylation sites is 1. The summed E-state index contributed by atoms with van der Waals surface area (Å²) in [6.07, 6.45) is 0. The van der Waals surface area contributed by atoms with Crippen LogP contribution in [0, 0.1) is 15.9 Å². The van der Waals surface area contributed by atoms with Gasteiger partial charge in [-0.05, 0) is 18.2 Å². The van der Waals surface area contributed by atoms with E-state index in [0.717, 1.165) is 6.07 Å². The van der Waals surface area contributed by atoms with Gasteiger partial charge in [-0.1, -0.05) is 18.2 Å². The minimum Gasteiger partial charge on any atom is -0.396 e. The highest BCUT2D eigenvalue weighted by molar-refractivity contribution is 7.84. The van der Waals surface area contributed by atoms with E-state index in [1.54, 1.807) is 6.07 Å². The maximum absolute atomic E-state index is 13.3. The van der Waals surface area contributed by atoms with E-state index in [1.807, 2.05) is 0 Å². The molecule has 0 aliphatic heterocycles. The number of anilines is 1. The van der Waals surface area contributed by atoms with Gasteiger partial charge in [0.25, 0.3) is 5.69 Å². The lowest BCUT2D eigenvalue weighted by atomic mass is 10.2. The van der Waals surface area contributed by atoms with Crippen molar-refractivity contribution in [2.45, 2.75) is 10.6 Å². The zero-order chi connectivity index (χ0) is 14.7. The van der Waals surface area contributed by atoms with E-state index < -0.39 is 21.5 Å². The molecular formula is C13H11FN2O3S. The van der Waals surface area contributed by atoms with Crippen molar-refractivity contribution in [3.63, 3.8) is 0 Å². The Morgan fingerprint density at radius 3 is 2.60 bits per heavy atom. The van der Waals surface area contributed by atoms with Crippen molar-refractivity contribution in [2.24, 2.45) is 0 Å². The molecule has 0 amide bonds. The summed E-state index contributed by atoms with van der Waals surface area (Å²) in [7, 11) is -1.58. The highest BCUT2D eigenvalue weighted by atomic mass is 32.2. The maximum Gasteiger partial charge on any atom is 0.273 e. The zero-order valence-corrected chi connectivity index (χ0v) is 11.1. The van der Waals surface area contributed by atoms with E-state index in [-0.39, 0.29) is 22.0 Å². The Hall–Kier alpha value is -2.28. The molecule has 0 aliphatic rings. The molecule has 5 nitrogen and oxygen atoms in total. The molecule has 1 unspecified atom stereocenters. The molecule has 0 saturated carbocycles. The first-order valence-electron chi connectivity index (χ1n) is 5.64. The normalized spacial score (nSPS) is 12.1. The van der Waals surface area contributed by atoms with Crippen LogP contribution in [0.3, 0.4) is 0 Å². The van der Waals surface area contributed by atoms with E-state index in [4.69, 9.17) is 5.73 Å². The molecule has 0 bridgehead atoms. The third kappa shape index (κ3) is 3.00. The second-order valence-electron chi connectivity index (χ2n) is 4.06. The van der Waals surface area contributed by atoms with E-state index in [2.05, 4.69) is 0 Å². The molecule has 0 aliphatic carbocycles.